The molecule has 0 saturated carbocycles. The highest BCUT2D eigenvalue weighted by molar-refractivity contribution is 5.98. The first kappa shape index (κ1) is 33.5. The summed E-state index contributed by atoms with van der Waals surface area (Å²) in [5.41, 5.74) is 2.34. The number of nitrogens with zero attached hydrogens (tertiary/aromatic N) is 1. The number of fused-ring (bicyclic) bond motifs is 1. The van der Waals surface area contributed by atoms with Crippen LogP contribution in [0.1, 0.15) is 64.2 Å². The third-order valence-electron chi connectivity index (χ3n) is 9.94. The number of ether oxygens (including phenoxy) is 1. The Balaban J connectivity index is 1.22. The van der Waals surface area contributed by atoms with Crippen LogP contribution in [0, 0.1) is 0 Å². The fraction of sp³-hybridized carbons (Fsp3) is 0.300. The van der Waals surface area contributed by atoms with Gasteiger partial charge in [-0.3, -0.25) is 14.4 Å². The second-order valence-corrected chi connectivity index (χ2v) is 12.8. The van der Waals surface area contributed by atoms with Crippen LogP contribution in [0.2, 0.25) is 0 Å². The fourth-order valence-electron chi connectivity index (χ4n) is 7.38. The second-order valence-electron chi connectivity index (χ2n) is 12.8. The highest BCUT2D eigenvalue weighted by atomic mass is 16.5. The van der Waals surface area contributed by atoms with E-state index >= 15 is 0 Å². The Labute approximate surface area is 286 Å². The molecule has 1 aliphatic carbocycles. The monoisotopic (exact) mass is 659 g/mol. The number of hydrogen-bond donors (Lipinski definition) is 3. The van der Waals surface area contributed by atoms with E-state index in [0.29, 0.717) is 55.6 Å². The van der Waals surface area contributed by atoms with Crippen molar-refractivity contribution in [1.82, 2.24) is 15.5 Å². The third kappa shape index (κ3) is 6.92. The summed E-state index contributed by atoms with van der Waals surface area (Å²) in [5.74, 6) is -1.66. The second kappa shape index (κ2) is 14.8. The number of carbonyl (C=O) groups is 4. The lowest BCUT2D eigenvalue weighted by atomic mass is 9.62. The van der Waals surface area contributed by atoms with Crippen LogP contribution in [0.4, 0.5) is 0 Å². The minimum atomic E-state index is -1.19. The number of carboxylic acids is 1. The van der Waals surface area contributed by atoms with E-state index in [2.05, 4.69) is 10.6 Å². The summed E-state index contributed by atoms with van der Waals surface area (Å²) in [4.78, 5) is 56.0. The van der Waals surface area contributed by atoms with Crippen molar-refractivity contribution >= 4 is 23.7 Å². The molecular weight excluding hydrogens is 618 g/mol. The fourth-order valence-corrected chi connectivity index (χ4v) is 7.38. The number of rotatable bonds is 10. The van der Waals surface area contributed by atoms with Gasteiger partial charge >= 0.3 is 5.97 Å². The van der Waals surface area contributed by atoms with Gasteiger partial charge in [0.1, 0.15) is 11.8 Å². The first-order valence-electron chi connectivity index (χ1n) is 16.8. The molecular formula is C40H41N3O6. The summed E-state index contributed by atoms with van der Waals surface area (Å²) < 4.78 is 5.35. The lowest BCUT2D eigenvalue weighted by Crippen LogP contribution is -2.54. The van der Waals surface area contributed by atoms with E-state index in [1.165, 1.54) is 7.11 Å². The van der Waals surface area contributed by atoms with E-state index in [0.717, 1.165) is 16.7 Å². The van der Waals surface area contributed by atoms with Gasteiger partial charge in [0.2, 0.25) is 11.8 Å². The molecule has 3 N–H and O–H groups in total. The Morgan fingerprint density at radius 2 is 1.47 bits per heavy atom. The number of hydrogen-bond acceptors (Lipinski definition) is 5. The zero-order valence-electron chi connectivity index (χ0n) is 27.5. The molecule has 1 saturated heterocycles. The predicted molar refractivity (Wildman–Crippen MR) is 185 cm³/mol. The Morgan fingerprint density at radius 3 is 2.16 bits per heavy atom. The minimum Gasteiger partial charge on any atom is -0.496 e. The molecule has 0 radical (unpaired) electrons. The molecule has 3 amide bonds. The normalized spacial score (nSPS) is 19.6. The predicted octanol–water partition coefficient (Wildman–Crippen LogP) is 5.09. The van der Waals surface area contributed by atoms with Crippen LogP contribution in [-0.4, -0.2) is 66.0 Å². The van der Waals surface area contributed by atoms with Gasteiger partial charge in [0.25, 0.3) is 5.91 Å². The Hall–Kier alpha value is -5.44. The summed E-state index contributed by atoms with van der Waals surface area (Å²) >= 11 is 0. The number of carboxylic acid groups (broad SMARTS) is 1. The van der Waals surface area contributed by atoms with Crippen molar-refractivity contribution in [1.29, 1.82) is 0 Å². The number of para-hydroxylation sites is 1. The molecule has 3 atom stereocenters. The molecule has 9 heteroatoms. The summed E-state index contributed by atoms with van der Waals surface area (Å²) in [7, 11) is 1.54. The lowest BCUT2D eigenvalue weighted by Gasteiger charge is -2.43. The molecule has 252 valence electrons. The van der Waals surface area contributed by atoms with E-state index in [-0.39, 0.29) is 24.3 Å². The van der Waals surface area contributed by atoms with E-state index in [1.54, 1.807) is 18.2 Å². The van der Waals surface area contributed by atoms with Crippen LogP contribution in [0.3, 0.4) is 0 Å². The van der Waals surface area contributed by atoms with Crippen LogP contribution in [0.5, 0.6) is 5.75 Å². The Bertz CT molecular complexity index is 1810. The summed E-state index contributed by atoms with van der Waals surface area (Å²) in [6.07, 6.45) is 2.13. The van der Waals surface area contributed by atoms with Crippen molar-refractivity contribution in [2.75, 3.05) is 20.2 Å². The maximum Gasteiger partial charge on any atom is 0.326 e. The number of methoxy groups -OCH3 is 1. The highest BCUT2D eigenvalue weighted by Gasteiger charge is 2.49. The first-order chi connectivity index (χ1) is 23.8. The summed E-state index contributed by atoms with van der Waals surface area (Å²) in [6, 6.07) is 32.1. The van der Waals surface area contributed by atoms with Crippen molar-refractivity contribution < 1.29 is 29.0 Å². The molecule has 0 unspecified atom stereocenters. The number of carbonyl (C=O) groups excluding carboxylic acids is 3. The van der Waals surface area contributed by atoms with E-state index in [4.69, 9.17) is 4.74 Å². The van der Waals surface area contributed by atoms with Crippen LogP contribution in [0.25, 0.3) is 0 Å². The molecule has 9 nitrogen and oxygen atoms in total. The van der Waals surface area contributed by atoms with Gasteiger partial charge < -0.3 is 25.4 Å². The number of nitrogens with one attached hydrogen (secondary N) is 2. The van der Waals surface area contributed by atoms with Gasteiger partial charge in [-0.1, -0.05) is 97.1 Å². The van der Waals surface area contributed by atoms with Crippen molar-refractivity contribution in [2.24, 2.45) is 0 Å². The largest absolute Gasteiger partial charge is 0.496 e. The van der Waals surface area contributed by atoms with Crippen molar-refractivity contribution in [2.45, 2.75) is 55.5 Å². The van der Waals surface area contributed by atoms with E-state index in [1.807, 2.05) is 95.9 Å². The molecule has 0 spiro atoms. The molecule has 6 rings (SSSR count). The molecule has 0 aromatic heterocycles. The van der Waals surface area contributed by atoms with Crippen LogP contribution < -0.4 is 15.4 Å². The third-order valence-corrected chi connectivity index (χ3v) is 9.94. The number of likely N-dealkylation sites (tertiary alicyclic amines) is 1. The summed E-state index contributed by atoms with van der Waals surface area (Å²) in [6.45, 7) is 0.997. The van der Waals surface area contributed by atoms with Crippen LogP contribution in [0.15, 0.2) is 109 Å². The minimum absolute atomic E-state index is 0.00323. The standard InChI is InChI=1S/C40H41N3O6/c1-49-35-19-11-9-17-32(35)36(44)41-29-21-24-43(25-22-29)37(45)31-20-23-40(28-14-6-3-7-15-28,33-18-10-8-16-30(31)33)39(48)42-34(38(46)47)26-27-12-4-2-5-13-27/h2-19,29,31,34H,20-26H2,1H3,(H,41,44)(H,42,48)(H,46,47)/t31-,34+,40+/m0/s1. The average Bonchev–Trinajstić information content (AvgIpc) is 3.14. The number of piperidine rings is 1. The molecule has 1 heterocycles. The van der Waals surface area contributed by atoms with Crippen molar-refractivity contribution in [3.63, 3.8) is 0 Å². The van der Waals surface area contributed by atoms with Gasteiger partial charge in [-0.25, -0.2) is 4.79 Å². The zero-order chi connectivity index (χ0) is 34.4. The van der Waals surface area contributed by atoms with Crippen molar-refractivity contribution in [3.8, 4) is 5.75 Å². The SMILES string of the molecule is COc1ccccc1C(=O)NC1CCN(C(=O)[C@H]2CC[C@@](C(=O)N[C@H](Cc3ccccc3)C(=O)O)(c3ccccc3)c3ccccc32)CC1. The van der Waals surface area contributed by atoms with Crippen LogP contribution in [-0.2, 0) is 26.2 Å². The maximum atomic E-state index is 14.5. The molecule has 1 fully saturated rings. The van der Waals surface area contributed by atoms with Gasteiger partial charge in [0.15, 0.2) is 0 Å². The number of benzene rings is 4. The van der Waals surface area contributed by atoms with Gasteiger partial charge in [0.05, 0.1) is 24.0 Å². The zero-order valence-corrected chi connectivity index (χ0v) is 27.5. The van der Waals surface area contributed by atoms with Crippen molar-refractivity contribution in [3.05, 3.63) is 137 Å². The molecule has 4 aromatic carbocycles. The highest BCUT2D eigenvalue weighted by Crippen LogP contribution is 2.48. The molecule has 0 bridgehead atoms. The molecule has 49 heavy (non-hydrogen) atoms. The topological polar surface area (TPSA) is 125 Å². The number of aliphatic carboxylic acids is 1. The van der Waals surface area contributed by atoms with Gasteiger partial charge in [-0.05, 0) is 60.1 Å². The quantitative estimate of drug-likeness (QED) is 0.218. The smallest absolute Gasteiger partial charge is 0.326 e. The van der Waals surface area contributed by atoms with Crippen LogP contribution >= 0.6 is 0 Å². The van der Waals surface area contributed by atoms with Gasteiger partial charge in [-0.15, -0.1) is 0 Å². The average molecular weight is 660 g/mol. The maximum absolute atomic E-state index is 14.5. The Kier molecular flexibility index (Phi) is 10.1. The molecule has 2 aliphatic rings. The summed E-state index contributed by atoms with van der Waals surface area (Å²) in [5, 5.41) is 16.1. The van der Waals surface area contributed by atoms with E-state index in [9.17, 15) is 24.3 Å². The first-order valence-corrected chi connectivity index (χ1v) is 16.8. The Morgan fingerprint density at radius 1 is 0.837 bits per heavy atom. The van der Waals surface area contributed by atoms with E-state index < -0.39 is 29.3 Å². The molecule has 4 aromatic rings. The number of amides is 3. The lowest BCUT2D eigenvalue weighted by molar-refractivity contribution is -0.142. The van der Waals surface area contributed by atoms with Gasteiger partial charge in [-0.2, -0.15) is 0 Å². The molecule has 1 aliphatic heterocycles. The van der Waals surface area contributed by atoms with Gasteiger partial charge in [0, 0.05) is 25.6 Å².